The molecule has 1 nitrogen and oxygen atoms in total. The van der Waals surface area contributed by atoms with Crippen LogP contribution < -0.4 is 5.73 Å². The maximum atomic E-state index is 14.0. The number of alkyl halides is 11. The zero-order chi connectivity index (χ0) is 18.4. The molecule has 1 aromatic rings. The van der Waals surface area contributed by atoms with Crippen LogP contribution in [0.1, 0.15) is 17.6 Å². The van der Waals surface area contributed by atoms with Crippen LogP contribution >= 0.6 is 0 Å². The van der Waals surface area contributed by atoms with E-state index < -0.39 is 53.2 Å². The summed E-state index contributed by atoms with van der Waals surface area (Å²) in [5.74, 6) is -6.92. The topological polar surface area (TPSA) is 26.0 Å². The van der Waals surface area contributed by atoms with Crippen molar-refractivity contribution < 1.29 is 48.3 Å². The highest BCUT2D eigenvalue weighted by Crippen LogP contribution is 2.58. The van der Waals surface area contributed by atoms with Crippen LogP contribution in [0.5, 0.6) is 0 Å². The summed E-state index contributed by atoms with van der Waals surface area (Å²) < 4.78 is 140. The lowest BCUT2D eigenvalue weighted by Gasteiger charge is -2.36. The summed E-state index contributed by atoms with van der Waals surface area (Å²) in [5.41, 5.74) is -6.07. The number of hydrogen-bond donors (Lipinski definition) is 1. The van der Waals surface area contributed by atoms with Gasteiger partial charge in [-0.3, -0.25) is 0 Å². The number of benzene rings is 1. The highest BCUT2D eigenvalue weighted by Gasteiger charge is 2.81. The minimum atomic E-state index is -6.93. The Kier molecular flexibility index (Phi) is 4.54. The predicted molar refractivity (Wildman–Crippen MR) is 55.7 cm³/mol. The van der Waals surface area contributed by atoms with E-state index in [4.69, 9.17) is 5.73 Å². The van der Waals surface area contributed by atoms with Gasteiger partial charge in [-0.25, -0.2) is 13.2 Å². The van der Waals surface area contributed by atoms with Crippen molar-refractivity contribution in [2.45, 2.75) is 30.4 Å². The SMILES string of the molecule is Nc1ccc(C(F)(C(F)(F)F)C(F)(F)C(F)(F)F)cc1C(F)F. The van der Waals surface area contributed by atoms with E-state index >= 15 is 0 Å². The molecule has 1 unspecified atom stereocenters. The van der Waals surface area contributed by atoms with E-state index in [0.717, 1.165) is 0 Å². The lowest BCUT2D eigenvalue weighted by atomic mass is 9.86. The van der Waals surface area contributed by atoms with E-state index in [2.05, 4.69) is 0 Å². The van der Waals surface area contributed by atoms with Gasteiger partial charge in [-0.1, -0.05) is 6.07 Å². The number of anilines is 1. The number of halogens is 11. The zero-order valence-electron chi connectivity index (χ0n) is 10.5. The highest BCUT2D eigenvalue weighted by molar-refractivity contribution is 5.51. The molecule has 2 N–H and O–H groups in total. The Morgan fingerprint density at radius 1 is 0.783 bits per heavy atom. The van der Waals surface area contributed by atoms with Gasteiger partial charge in [-0.2, -0.15) is 35.1 Å². The van der Waals surface area contributed by atoms with Gasteiger partial charge >= 0.3 is 23.9 Å². The summed E-state index contributed by atoms with van der Waals surface area (Å²) in [5, 5.41) is 0. The van der Waals surface area contributed by atoms with Crippen LogP contribution in [0.2, 0.25) is 0 Å². The summed E-state index contributed by atoms with van der Waals surface area (Å²) in [7, 11) is 0. The standard InChI is InChI=1S/C11H6F11N/c12-7(13)5-3-4(1-2-6(5)23)8(14,10(17,18)19)9(15,16)11(20,21)22/h1-3,7H,23H2. The molecule has 132 valence electrons. The summed E-state index contributed by atoms with van der Waals surface area (Å²) in [6.07, 6.45) is -17.3. The molecular formula is C11H6F11N. The van der Waals surface area contributed by atoms with Gasteiger partial charge in [0, 0.05) is 16.8 Å². The van der Waals surface area contributed by atoms with E-state index in [9.17, 15) is 48.3 Å². The Morgan fingerprint density at radius 3 is 1.61 bits per heavy atom. The van der Waals surface area contributed by atoms with Gasteiger partial charge in [0.15, 0.2) is 0 Å². The minimum absolute atomic E-state index is 0.158. The van der Waals surface area contributed by atoms with E-state index in [1.165, 1.54) is 0 Å². The Balaban J connectivity index is 3.73. The highest BCUT2D eigenvalue weighted by atomic mass is 19.4. The fourth-order valence-electron chi connectivity index (χ4n) is 1.70. The molecule has 0 aliphatic heterocycles. The molecule has 12 heteroatoms. The molecule has 0 saturated heterocycles. The third-order valence-corrected chi connectivity index (χ3v) is 2.90. The molecule has 0 aromatic heterocycles. The Labute approximate surface area is 120 Å². The molecule has 0 bridgehead atoms. The molecule has 0 heterocycles. The third-order valence-electron chi connectivity index (χ3n) is 2.90. The van der Waals surface area contributed by atoms with Crippen LogP contribution in [0.15, 0.2) is 18.2 Å². The van der Waals surface area contributed by atoms with Crippen molar-refractivity contribution in [3.8, 4) is 0 Å². The van der Waals surface area contributed by atoms with Gasteiger partial charge in [0.1, 0.15) is 0 Å². The average molecular weight is 361 g/mol. The summed E-state index contributed by atoms with van der Waals surface area (Å²) in [6.45, 7) is 0. The summed E-state index contributed by atoms with van der Waals surface area (Å²) in [6, 6.07) is -0.440. The van der Waals surface area contributed by atoms with Crippen molar-refractivity contribution in [3.63, 3.8) is 0 Å². The van der Waals surface area contributed by atoms with E-state index in [0.29, 0.717) is 0 Å². The third kappa shape index (κ3) is 2.90. The number of rotatable bonds is 3. The molecule has 0 radical (unpaired) electrons. The van der Waals surface area contributed by atoms with Gasteiger partial charge < -0.3 is 5.73 Å². The van der Waals surface area contributed by atoms with Crippen molar-refractivity contribution in [2.24, 2.45) is 0 Å². The van der Waals surface area contributed by atoms with E-state index in [1.54, 1.807) is 0 Å². The molecule has 0 spiro atoms. The van der Waals surface area contributed by atoms with Crippen molar-refractivity contribution in [2.75, 3.05) is 5.73 Å². The van der Waals surface area contributed by atoms with Crippen LogP contribution in [0.25, 0.3) is 0 Å². The first-order valence-electron chi connectivity index (χ1n) is 5.45. The normalized spacial score (nSPS) is 16.5. The molecule has 0 saturated carbocycles. The van der Waals surface area contributed by atoms with Gasteiger partial charge in [-0.15, -0.1) is 0 Å². The lowest BCUT2D eigenvalue weighted by Crippen LogP contribution is -2.59. The van der Waals surface area contributed by atoms with E-state index in [-0.39, 0.29) is 12.1 Å². The van der Waals surface area contributed by atoms with Gasteiger partial charge in [0.25, 0.3) is 6.43 Å². The van der Waals surface area contributed by atoms with Crippen LogP contribution in [0.4, 0.5) is 54.0 Å². The molecule has 1 rings (SSSR count). The van der Waals surface area contributed by atoms with Gasteiger partial charge in [0.05, 0.1) is 0 Å². The number of nitrogen functional groups attached to an aromatic ring is 1. The minimum Gasteiger partial charge on any atom is -0.398 e. The van der Waals surface area contributed by atoms with Crippen LogP contribution in [-0.4, -0.2) is 18.3 Å². The quantitative estimate of drug-likeness (QED) is 0.586. The molecule has 0 aliphatic rings. The second kappa shape index (κ2) is 5.41. The average Bonchev–Trinajstić information content (AvgIpc) is 2.35. The molecule has 0 amide bonds. The van der Waals surface area contributed by atoms with Crippen LogP contribution in [0.3, 0.4) is 0 Å². The molecule has 1 aromatic carbocycles. The van der Waals surface area contributed by atoms with Crippen molar-refractivity contribution >= 4 is 5.69 Å². The second-order valence-corrected chi connectivity index (χ2v) is 4.37. The second-order valence-electron chi connectivity index (χ2n) is 4.37. The molecular weight excluding hydrogens is 355 g/mol. The monoisotopic (exact) mass is 361 g/mol. The summed E-state index contributed by atoms with van der Waals surface area (Å²) in [4.78, 5) is 0. The number of nitrogens with two attached hydrogens (primary N) is 1. The Hall–Kier alpha value is -1.75. The summed E-state index contributed by atoms with van der Waals surface area (Å²) >= 11 is 0. The van der Waals surface area contributed by atoms with Gasteiger partial charge in [0.2, 0.25) is 0 Å². The predicted octanol–water partition coefficient (Wildman–Crippen LogP) is 5.13. The fraction of sp³-hybridized carbons (Fsp3) is 0.455. The fourth-order valence-corrected chi connectivity index (χ4v) is 1.70. The smallest absolute Gasteiger partial charge is 0.398 e. The van der Waals surface area contributed by atoms with Crippen molar-refractivity contribution in [1.29, 1.82) is 0 Å². The number of hydrogen-bond acceptors (Lipinski definition) is 1. The van der Waals surface area contributed by atoms with Crippen molar-refractivity contribution in [1.82, 2.24) is 0 Å². The van der Waals surface area contributed by atoms with E-state index in [1.807, 2.05) is 0 Å². The first-order valence-corrected chi connectivity index (χ1v) is 5.45. The Bertz CT molecular complexity index is 574. The molecule has 23 heavy (non-hydrogen) atoms. The van der Waals surface area contributed by atoms with Crippen LogP contribution in [0, 0.1) is 0 Å². The molecule has 0 aliphatic carbocycles. The van der Waals surface area contributed by atoms with Gasteiger partial charge in [-0.05, 0) is 12.1 Å². The largest absolute Gasteiger partial charge is 0.457 e. The Morgan fingerprint density at radius 2 is 1.26 bits per heavy atom. The van der Waals surface area contributed by atoms with Crippen molar-refractivity contribution in [3.05, 3.63) is 29.3 Å². The first kappa shape index (κ1) is 19.3. The van der Waals surface area contributed by atoms with Crippen LogP contribution in [-0.2, 0) is 5.67 Å². The molecule has 0 fully saturated rings. The molecule has 1 atom stereocenters. The maximum absolute atomic E-state index is 14.0. The maximum Gasteiger partial charge on any atom is 0.457 e. The first-order chi connectivity index (χ1) is 10.1. The lowest BCUT2D eigenvalue weighted by molar-refractivity contribution is -0.389. The zero-order valence-corrected chi connectivity index (χ0v) is 10.5.